The molecule has 1 aromatic carbocycles. The highest BCUT2D eigenvalue weighted by atomic mass is 35.5. The molecular weight excluding hydrogens is 228 g/mol. The number of carbonyl (C=O) groups is 1. The summed E-state index contributed by atoms with van der Waals surface area (Å²) in [4.78, 5) is 12.7. The molecule has 0 spiro atoms. The molecule has 0 saturated heterocycles. The van der Waals surface area contributed by atoms with E-state index in [2.05, 4.69) is 0 Å². The van der Waals surface area contributed by atoms with Crippen molar-refractivity contribution in [2.45, 2.75) is 0 Å². The predicted octanol–water partition coefficient (Wildman–Crippen LogP) is 1.14. The number of rotatable bonds is 5. The molecule has 0 bridgehead atoms. The van der Waals surface area contributed by atoms with Crippen LogP contribution in [-0.2, 0) is 4.79 Å². The van der Waals surface area contributed by atoms with Crippen molar-refractivity contribution in [2.24, 2.45) is 5.73 Å². The normalized spacial score (nSPS) is 9.94. The van der Waals surface area contributed by atoms with Gasteiger partial charge >= 0.3 is 0 Å². The van der Waals surface area contributed by atoms with Crippen LogP contribution in [0.25, 0.3) is 0 Å². The quantitative estimate of drug-likeness (QED) is 0.842. The smallest absolute Gasteiger partial charge is 0.236 e. The van der Waals surface area contributed by atoms with Gasteiger partial charge in [-0.15, -0.1) is 0 Å². The van der Waals surface area contributed by atoms with Gasteiger partial charge in [0.15, 0.2) is 0 Å². The zero-order valence-corrected chi connectivity index (χ0v) is 9.91. The lowest BCUT2D eigenvalue weighted by Gasteiger charge is -2.16. The van der Waals surface area contributed by atoms with Gasteiger partial charge in [0.2, 0.25) is 5.91 Å². The van der Waals surface area contributed by atoms with Gasteiger partial charge in [0, 0.05) is 12.1 Å². The van der Waals surface area contributed by atoms with E-state index in [1.54, 1.807) is 19.2 Å². The maximum Gasteiger partial charge on any atom is 0.236 e. The molecule has 1 rings (SSSR count). The molecule has 88 valence electrons. The maximum absolute atomic E-state index is 11.1. The Kier molecular flexibility index (Phi) is 5.08. The Bertz CT molecular complexity index is 358. The fourth-order valence-electron chi connectivity index (χ4n) is 1.14. The molecule has 4 nitrogen and oxygen atoms in total. The second-order valence-electron chi connectivity index (χ2n) is 3.33. The molecule has 0 fully saturated rings. The average molecular weight is 243 g/mol. The summed E-state index contributed by atoms with van der Waals surface area (Å²) >= 11 is 5.80. The molecule has 1 amide bonds. The van der Waals surface area contributed by atoms with E-state index >= 15 is 0 Å². The number of halogens is 1. The Hall–Kier alpha value is -1.26. The lowest BCUT2D eigenvalue weighted by molar-refractivity contribution is -0.128. The monoisotopic (exact) mass is 242 g/mol. The van der Waals surface area contributed by atoms with Gasteiger partial charge < -0.3 is 15.4 Å². The van der Waals surface area contributed by atoms with Crippen molar-refractivity contribution in [3.05, 3.63) is 29.3 Å². The number of nitrogens with zero attached hydrogens (tertiary/aromatic N) is 1. The Balaban J connectivity index is 2.33. The number of hydrogen-bond donors (Lipinski definition) is 1. The van der Waals surface area contributed by atoms with Crippen LogP contribution in [0.3, 0.4) is 0 Å². The summed E-state index contributed by atoms with van der Waals surface area (Å²) < 4.78 is 5.43. The van der Waals surface area contributed by atoms with Gasteiger partial charge in [0.1, 0.15) is 12.4 Å². The number of amides is 1. The number of likely N-dealkylation sites (N-methyl/N-ethyl adjacent to an activating group) is 1. The summed E-state index contributed by atoms with van der Waals surface area (Å²) in [6.45, 7) is 0.943. The zero-order chi connectivity index (χ0) is 12.0. The second kappa shape index (κ2) is 6.35. The van der Waals surface area contributed by atoms with Crippen molar-refractivity contribution in [1.29, 1.82) is 0 Å². The molecule has 0 aromatic heterocycles. The minimum Gasteiger partial charge on any atom is -0.492 e. The van der Waals surface area contributed by atoms with Crippen LogP contribution >= 0.6 is 11.6 Å². The van der Waals surface area contributed by atoms with Crippen LogP contribution in [0.2, 0.25) is 5.02 Å². The molecule has 0 heterocycles. The molecule has 1 aromatic rings. The number of benzene rings is 1. The van der Waals surface area contributed by atoms with Crippen LogP contribution in [0, 0.1) is 0 Å². The van der Waals surface area contributed by atoms with Crippen molar-refractivity contribution in [3.63, 3.8) is 0 Å². The first-order chi connectivity index (χ1) is 7.63. The highest BCUT2D eigenvalue weighted by molar-refractivity contribution is 6.30. The minimum absolute atomic E-state index is 0.0215. The van der Waals surface area contributed by atoms with Crippen LogP contribution < -0.4 is 10.5 Å². The molecule has 0 saturated carbocycles. The van der Waals surface area contributed by atoms with E-state index in [-0.39, 0.29) is 12.5 Å². The lowest BCUT2D eigenvalue weighted by Crippen LogP contribution is -2.35. The molecule has 5 heteroatoms. The predicted molar refractivity (Wildman–Crippen MR) is 63.6 cm³/mol. The van der Waals surface area contributed by atoms with E-state index in [9.17, 15) is 4.79 Å². The number of carbonyl (C=O) groups excluding carboxylic acids is 1. The molecule has 0 atom stereocenters. The van der Waals surface area contributed by atoms with Gasteiger partial charge in [0.05, 0.1) is 13.1 Å². The van der Waals surface area contributed by atoms with E-state index in [1.807, 2.05) is 12.1 Å². The van der Waals surface area contributed by atoms with Crippen molar-refractivity contribution >= 4 is 17.5 Å². The van der Waals surface area contributed by atoms with Crippen LogP contribution in [0.15, 0.2) is 24.3 Å². The second-order valence-corrected chi connectivity index (χ2v) is 3.76. The molecule has 2 N–H and O–H groups in total. The third-order valence-corrected chi connectivity index (χ3v) is 2.33. The van der Waals surface area contributed by atoms with Gasteiger partial charge in [-0.05, 0) is 18.2 Å². The Morgan fingerprint density at radius 2 is 2.31 bits per heavy atom. The molecule has 0 aliphatic carbocycles. The van der Waals surface area contributed by atoms with Gasteiger partial charge in [-0.1, -0.05) is 17.7 Å². The van der Waals surface area contributed by atoms with E-state index in [4.69, 9.17) is 22.1 Å². The maximum atomic E-state index is 11.1. The fourth-order valence-corrected chi connectivity index (χ4v) is 1.32. The summed E-state index contributed by atoms with van der Waals surface area (Å²) in [6.07, 6.45) is 0. The molecular formula is C11H15ClN2O2. The summed E-state index contributed by atoms with van der Waals surface area (Å²) in [5.41, 5.74) is 5.23. The first kappa shape index (κ1) is 12.8. The molecule has 16 heavy (non-hydrogen) atoms. The average Bonchev–Trinajstić information content (AvgIpc) is 2.28. The van der Waals surface area contributed by atoms with E-state index < -0.39 is 0 Å². The molecule has 0 aliphatic heterocycles. The highest BCUT2D eigenvalue weighted by Crippen LogP contribution is 2.16. The molecule has 0 unspecified atom stereocenters. The number of ether oxygens (including phenoxy) is 1. The molecule has 0 radical (unpaired) electrons. The minimum atomic E-state index is -0.102. The highest BCUT2D eigenvalue weighted by Gasteiger charge is 2.05. The van der Waals surface area contributed by atoms with Crippen molar-refractivity contribution < 1.29 is 9.53 Å². The van der Waals surface area contributed by atoms with E-state index in [0.717, 1.165) is 0 Å². The van der Waals surface area contributed by atoms with Crippen molar-refractivity contribution in [3.8, 4) is 5.75 Å². The Labute approximate surface area is 99.9 Å². The van der Waals surface area contributed by atoms with Crippen molar-refractivity contribution in [2.75, 3.05) is 26.7 Å². The Morgan fingerprint density at radius 1 is 1.56 bits per heavy atom. The van der Waals surface area contributed by atoms with Gasteiger partial charge in [-0.25, -0.2) is 0 Å². The summed E-state index contributed by atoms with van der Waals surface area (Å²) in [7, 11) is 1.69. The van der Waals surface area contributed by atoms with Crippen LogP contribution in [0.4, 0.5) is 0 Å². The van der Waals surface area contributed by atoms with Gasteiger partial charge in [-0.3, -0.25) is 4.79 Å². The third kappa shape index (κ3) is 4.08. The first-order valence-corrected chi connectivity index (χ1v) is 5.33. The number of nitrogens with two attached hydrogens (primary N) is 1. The van der Waals surface area contributed by atoms with E-state index in [0.29, 0.717) is 23.9 Å². The first-order valence-electron chi connectivity index (χ1n) is 4.96. The zero-order valence-electron chi connectivity index (χ0n) is 9.15. The fraction of sp³-hybridized carbons (Fsp3) is 0.364. The third-order valence-electron chi connectivity index (χ3n) is 2.09. The van der Waals surface area contributed by atoms with Crippen molar-refractivity contribution in [1.82, 2.24) is 4.90 Å². The SMILES string of the molecule is CN(CCOc1cccc(Cl)c1)C(=O)CN. The standard InChI is InChI=1S/C11H15ClN2O2/c1-14(11(15)8-13)5-6-16-10-4-2-3-9(12)7-10/h2-4,7H,5-6,8,13H2,1H3. The summed E-state index contributed by atoms with van der Waals surface area (Å²) in [5, 5.41) is 0.629. The van der Waals surface area contributed by atoms with Crippen LogP contribution in [-0.4, -0.2) is 37.6 Å². The number of hydrogen-bond acceptors (Lipinski definition) is 3. The molecule has 0 aliphatic rings. The summed E-state index contributed by atoms with van der Waals surface area (Å²) in [6, 6.07) is 7.13. The van der Waals surface area contributed by atoms with Crippen LogP contribution in [0.5, 0.6) is 5.75 Å². The Morgan fingerprint density at radius 3 is 2.94 bits per heavy atom. The summed E-state index contributed by atoms with van der Waals surface area (Å²) in [5.74, 6) is 0.593. The van der Waals surface area contributed by atoms with Gasteiger partial charge in [-0.2, -0.15) is 0 Å². The lowest BCUT2D eigenvalue weighted by atomic mass is 10.3. The van der Waals surface area contributed by atoms with Gasteiger partial charge in [0.25, 0.3) is 0 Å². The van der Waals surface area contributed by atoms with Crippen LogP contribution in [0.1, 0.15) is 0 Å². The largest absolute Gasteiger partial charge is 0.492 e. The topological polar surface area (TPSA) is 55.6 Å². The van der Waals surface area contributed by atoms with E-state index in [1.165, 1.54) is 4.90 Å².